The summed E-state index contributed by atoms with van der Waals surface area (Å²) in [5.41, 5.74) is 0.740. The first-order chi connectivity index (χ1) is 10.0. The van der Waals surface area contributed by atoms with Gasteiger partial charge in [0.05, 0.1) is 5.75 Å². The molecule has 1 aliphatic heterocycles. The molecule has 1 aliphatic rings. The van der Waals surface area contributed by atoms with Crippen molar-refractivity contribution >= 4 is 15.8 Å². The molecule has 0 bridgehead atoms. The average Bonchev–Trinajstić information content (AvgIpc) is 2.54. The largest absolute Gasteiger partial charge is 0.300 e. The third-order valence-electron chi connectivity index (χ3n) is 3.84. The van der Waals surface area contributed by atoms with E-state index in [1.807, 2.05) is 30.3 Å². The maximum Gasteiger partial charge on any atom is 0.213 e. The van der Waals surface area contributed by atoms with Crippen LogP contribution >= 0.6 is 0 Å². The number of carbonyl (C=O) groups is 1. The van der Waals surface area contributed by atoms with Gasteiger partial charge in [0.15, 0.2) is 5.78 Å². The third kappa shape index (κ3) is 4.36. The molecule has 0 N–H and O–H groups in total. The van der Waals surface area contributed by atoms with Crippen molar-refractivity contribution in [1.82, 2.24) is 9.21 Å². The first-order valence-electron chi connectivity index (χ1n) is 7.31. The third-order valence-corrected chi connectivity index (χ3v) is 5.72. The van der Waals surface area contributed by atoms with E-state index in [9.17, 15) is 13.2 Å². The Morgan fingerprint density at radius 1 is 1.10 bits per heavy atom. The summed E-state index contributed by atoms with van der Waals surface area (Å²) >= 11 is 0. The summed E-state index contributed by atoms with van der Waals surface area (Å²) in [5, 5.41) is 0. The van der Waals surface area contributed by atoms with Crippen molar-refractivity contribution in [3.63, 3.8) is 0 Å². The second-order valence-electron chi connectivity index (χ2n) is 5.18. The van der Waals surface area contributed by atoms with Gasteiger partial charge in [-0.3, -0.25) is 4.79 Å². The predicted octanol–water partition coefficient (Wildman–Crippen LogP) is 1.23. The number of hydrogen-bond donors (Lipinski definition) is 0. The number of nitrogens with zero attached hydrogens (tertiary/aromatic N) is 2. The number of Topliss-reactive ketones (excluding diaryl/α,β-unsaturated/α-hetero) is 1. The zero-order valence-electron chi connectivity index (χ0n) is 12.4. The Kier molecular flexibility index (Phi) is 5.50. The van der Waals surface area contributed by atoms with Gasteiger partial charge >= 0.3 is 0 Å². The average molecular weight is 310 g/mol. The molecule has 0 radical (unpaired) electrons. The van der Waals surface area contributed by atoms with Gasteiger partial charge in [0, 0.05) is 44.7 Å². The lowest BCUT2D eigenvalue weighted by atomic mass is 10.1. The van der Waals surface area contributed by atoms with Crippen molar-refractivity contribution < 1.29 is 13.2 Å². The standard InChI is InChI=1S/C15H22N2O3S/c1-2-21(19,20)17-12-10-16(11-13-17)9-8-15(18)14-6-4-3-5-7-14/h3-7H,2,8-13H2,1H3. The number of hydrogen-bond acceptors (Lipinski definition) is 4. The fourth-order valence-electron chi connectivity index (χ4n) is 2.44. The molecule has 1 aromatic carbocycles. The van der Waals surface area contributed by atoms with Crippen molar-refractivity contribution in [3.05, 3.63) is 35.9 Å². The van der Waals surface area contributed by atoms with Crippen LogP contribution < -0.4 is 0 Å². The van der Waals surface area contributed by atoms with Gasteiger partial charge < -0.3 is 4.90 Å². The van der Waals surface area contributed by atoms with E-state index in [-0.39, 0.29) is 11.5 Å². The van der Waals surface area contributed by atoms with Crippen molar-refractivity contribution in [2.75, 3.05) is 38.5 Å². The molecule has 1 saturated heterocycles. The summed E-state index contributed by atoms with van der Waals surface area (Å²) in [6.45, 7) is 4.79. The van der Waals surface area contributed by atoms with Crippen molar-refractivity contribution in [2.24, 2.45) is 0 Å². The molecule has 21 heavy (non-hydrogen) atoms. The van der Waals surface area contributed by atoms with Crippen LogP contribution in [0, 0.1) is 0 Å². The summed E-state index contributed by atoms with van der Waals surface area (Å²) in [4.78, 5) is 14.2. The quantitative estimate of drug-likeness (QED) is 0.742. The molecule has 1 aromatic rings. The number of ketones is 1. The van der Waals surface area contributed by atoms with Gasteiger partial charge in [0.1, 0.15) is 0 Å². The number of benzene rings is 1. The summed E-state index contributed by atoms with van der Waals surface area (Å²) < 4.78 is 25.1. The number of piperazine rings is 1. The molecule has 0 unspecified atom stereocenters. The molecule has 1 fully saturated rings. The molecule has 0 spiro atoms. The highest BCUT2D eigenvalue weighted by atomic mass is 32.2. The number of carbonyl (C=O) groups excluding carboxylic acids is 1. The zero-order chi connectivity index (χ0) is 15.3. The fraction of sp³-hybridized carbons (Fsp3) is 0.533. The normalized spacial score (nSPS) is 17.8. The Morgan fingerprint density at radius 3 is 2.29 bits per heavy atom. The first kappa shape index (κ1) is 16.1. The lowest BCUT2D eigenvalue weighted by Crippen LogP contribution is -2.49. The Hall–Kier alpha value is -1.24. The van der Waals surface area contributed by atoms with E-state index in [4.69, 9.17) is 0 Å². The second-order valence-corrected chi connectivity index (χ2v) is 7.44. The van der Waals surface area contributed by atoms with Crippen LogP contribution in [0.25, 0.3) is 0 Å². The molecule has 2 rings (SSSR count). The highest BCUT2D eigenvalue weighted by Crippen LogP contribution is 2.10. The van der Waals surface area contributed by atoms with Crippen molar-refractivity contribution in [2.45, 2.75) is 13.3 Å². The van der Waals surface area contributed by atoms with Gasteiger partial charge in [-0.05, 0) is 6.92 Å². The van der Waals surface area contributed by atoms with E-state index >= 15 is 0 Å². The minimum Gasteiger partial charge on any atom is -0.300 e. The fourth-order valence-corrected chi connectivity index (χ4v) is 3.53. The molecule has 5 nitrogen and oxygen atoms in total. The molecule has 116 valence electrons. The van der Waals surface area contributed by atoms with E-state index in [0.29, 0.717) is 39.1 Å². The first-order valence-corrected chi connectivity index (χ1v) is 8.92. The van der Waals surface area contributed by atoms with E-state index < -0.39 is 10.0 Å². The minimum atomic E-state index is -3.08. The summed E-state index contributed by atoms with van der Waals surface area (Å²) in [6, 6.07) is 9.27. The molecule has 0 aromatic heterocycles. The smallest absolute Gasteiger partial charge is 0.213 e. The van der Waals surface area contributed by atoms with Crippen LogP contribution in [0.4, 0.5) is 0 Å². The van der Waals surface area contributed by atoms with Crippen LogP contribution in [0.3, 0.4) is 0 Å². The molecular formula is C15H22N2O3S. The lowest BCUT2D eigenvalue weighted by molar-refractivity contribution is 0.0952. The van der Waals surface area contributed by atoms with E-state index in [2.05, 4.69) is 4.90 Å². The SMILES string of the molecule is CCS(=O)(=O)N1CCN(CCC(=O)c2ccccc2)CC1. The van der Waals surface area contributed by atoms with Crippen molar-refractivity contribution in [1.29, 1.82) is 0 Å². The molecular weight excluding hydrogens is 288 g/mol. The van der Waals surface area contributed by atoms with Gasteiger partial charge in [-0.25, -0.2) is 8.42 Å². The van der Waals surface area contributed by atoms with E-state index in [1.54, 1.807) is 11.2 Å². The monoisotopic (exact) mass is 310 g/mol. The summed E-state index contributed by atoms with van der Waals surface area (Å²) in [5.74, 6) is 0.290. The summed E-state index contributed by atoms with van der Waals surface area (Å²) in [7, 11) is -3.08. The molecule has 6 heteroatoms. The van der Waals surface area contributed by atoms with Gasteiger partial charge in [0.2, 0.25) is 10.0 Å². The zero-order valence-corrected chi connectivity index (χ0v) is 13.2. The molecule has 0 atom stereocenters. The number of sulfonamides is 1. The van der Waals surface area contributed by atoms with E-state index in [0.717, 1.165) is 5.56 Å². The van der Waals surface area contributed by atoms with Crippen LogP contribution in [0.5, 0.6) is 0 Å². The highest BCUT2D eigenvalue weighted by Gasteiger charge is 2.25. The maximum absolute atomic E-state index is 12.0. The number of rotatable bonds is 6. The van der Waals surface area contributed by atoms with E-state index in [1.165, 1.54) is 0 Å². The predicted molar refractivity (Wildman–Crippen MR) is 82.9 cm³/mol. The lowest BCUT2D eigenvalue weighted by Gasteiger charge is -2.33. The van der Waals surface area contributed by atoms with Gasteiger partial charge in [0.25, 0.3) is 0 Å². The molecule has 0 amide bonds. The van der Waals surface area contributed by atoms with Crippen LogP contribution in [0.1, 0.15) is 23.7 Å². The summed E-state index contributed by atoms with van der Waals surface area (Å²) in [6.07, 6.45) is 0.477. The molecule has 1 heterocycles. The van der Waals surface area contributed by atoms with Gasteiger partial charge in [-0.1, -0.05) is 30.3 Å². The maximum atomic E-state index is 12.0. The second kappa shape index (κ2) is 7.15. The Labute approximate surface area is 126 Å². The Bertz CT molecular complexity index is 564. The van der Waals surface area contributed by atoms with Crippen LogP contribution in [-0.4, -0.2) is 61.9 Å². The van der Waals surface area contributed by atoms with Crippen LogP contribution in [0.2, 0.25) is 0 Å². The van der Waals surface area contributed by atoms with Crippen molar-refractivity contribution in [3.8, 4) is 0 Å². The van der Waals surface area contributed by atoms with Gasteiger partial charge in [-0.15, -0.1) is 0 Å². The van der Waals surface area contributed by atoms with Crippen LogP contribution in [0.15, 0.2) is 30.3 Å². The Morgan fingerprint density at radius 2 is 1.71 bits per heavy atom. The van der Waals surface area contributed by atoms with Gasteiger partial charge in [-0.2, -0.15) is 4.31 Å². The Balaban J connectivity index is 1.78. The highest BCUT2D eigenvalue weighted by molar-refractivity contribution is 7.89. The molecule has 0 aliphatic carbocycles. The minimum absolute atomic E-state index is 0.138. The van der Waals surface area contributed by atoms with Crippen LogP contribution in [-0.2, 0) is 10.0 Å². The topological polar surface area (TPSA) is 57.7 Å². The molecule has 0 saturated carbocycles.